The summed E-state index contributed by atoms with van der Waals surface area (Å²) in [6.07, 6.45) is 1.52. The predicted octanol–water partition coefficient (Wildman–Crippen LogP) is 3.38. The van der Waals surface area contributed by atoms with E-state index in [0.717, 1.165) is 11.1 Å². The third kappa shape index (κ3) is 3.32. The maximum atomic E-state index is 12.6. The molecule has 0 aromatic heterocycles. The molecule has 0 bridgehead atoms. The van der Waals surface area contributed by atoms with Gasteiger partial charge in [0, 0.05) is 24.9 Å². The highest BCUT2D eigenvalue weighted by Crippen LogP contribution is 2.45. The number of rotatable bonds is 6. The van der Waals surface area contributed by atoms with Gasteiger partial charge in [-0.05, 0) is 47.9 Å². The molecule has 32 heavy (non-hydrogen) atoms. The normalized spacial score (nSPS) is 22.2. The molecule has 0 aliphatic heterocycles. The van der Waals surface area contributed by atoms with E-state index in [1.807, 2.05) is 24.3 Å². The molecule has 2 amide bonds. The molecular weight excluding hydrogens is 408 g/mol. The highest BCUT2D eigenvalue weighted by Gasteiger charge is 2.57. The van der Waals surface area contributed by atoms with E-state index in [1.54, 1.807) is 7.05 Å². The van der Waals surface area contributed by atoms with Crippen molar-refractivity contribution in [3.63, 3.8) is 0 Å². The van der Waals surface area contributed by atoms with Crippen LogP contribution in [0.15, 0.2) is 48.5 Å². The zero-order valence-corrected chi connectivity index (χ0v) is 17.9. The number of aliphatic carboxylic acids is 1. The van der Waals surface area contributed by atoms with Crippen LogP contribution in [-0.2, 0) is 14.3 Å². The Morgan fingerprint density at radius 2 is 1.59 bits per heavy atom. The molecule has 0 saturated heterocycles. The number of nitrogens with one attached hydrogen (secondary N) is 1. The van der Waals surface area contributed by atoms with Gasteiger partial charge in [0.25, 0.3) is 0 Å². The number of amides is 2. The van der Waals surface area contributed by atoms with Crippen LogP contribution in [-0.4, -0.2) is 53.2 Å². The fourth-order valence-corrected chi connectivity index (χ4v) is 5.04. The highest BCUT2D eigenvalue weighted by molar-refractivity contribution is 5.90. The van der Waals surface area contributed by atoms with E-state index in [0.29, 0.717) is 25.7 Å². The van der Waals surface area contributed by atoms with E-state index >= 15 is 0 Å². The van der Waals surface area contributed by atoms with Crippen molar-refractivity contribution >= 4 is 18.0 Å². The fourth-order valence-electron chi connectivity index (χ4n) is 5.04. The molecule has 2 saturated carbocycles. The van der Waals surface area contributed by atoms with E-state index in [9.17, 15) is 19.5 Å². The summed E-state index contributed by atoms with van der Waals surface area (Å²) >= 11 is 0. The molecule has 2 N–H and O–H groups in total. The second kappa shape index (κ2) is 7.65. The maximum absolute atomic E-state index is 12.6. The quantitative estimate of drug-likeness (QED) is 0.727. The molecule has 0 spiro atoms. The lowest BCUT2D eigenvalue weighted by atomic mass is 9.79. The van der Waals surface area contributed by atoms with Crippen LogP contribution in [0, 0.1) is 5.92 Å². The highest BCUT2D eigenvalue weighted by atomic mass is 16.5. The number of carboxylic acid groups (broad SMARTS) is 1. The Balaban J connectivity index is 1.13. The minimum atomic E-state index is -1.03. The van der Waals surface area contributed by atoms with Gasteiger partial charge in [-0.3, -0.25) is 4.79 Å². The molecule has 0 heterocycles. The maximum Gasteiger partial charge on any atom is 0.407 e. The van der Waals surface area contributed by atoms with Crippen LogP contribution >= 0.6 is 0 Å². The third-order valence-corrected chi connectivity index (χ3v) is 7.25. The van der Waals surface area contributed by atoms with E-state index in [2.05, 4.69) is 29.6 Å². The van der Waals surface area contributed by atoms with Crippen LogP contribution < -0.4 is 5.32 Å². The minimum Gasteiger partial charge on any atom is -0.479 e. The molecule has 2 aromatic carbocycles. The summed E-state index contributed by atoms with van der Waals surface area (Å²) in [6, 6.07) is 16.2. The Bertz CT molecular complexity index is 1040. The first-order chi connectivity index (χ1) is 15.4. The van der Waals surface area contributed by atoms with Crippen LogP contribution in [0.3, 0.4) is 0 Å². The Kier molecular flexibility index (Phi) is 4.92. The van der Waals surface area contributed by atoms with Gasteiger partial charge in [0.1, 0.15) is 12.1 Å². The van der Waals surface area contributed by atoms with Crippen molar-refractivity contribution in [2.75, 3.05) is 13.7 Å². The minimum absolute atomic E-state index is 0.00302. The lowest BCUT2D eigenvalue weighted by molar-refractivity contribution is -0.154. The molecule has 2 fully saturated rings. The van der Waals surface area contributed by atoms with Gasteiger partial charge in [0.2, 0.25) is 5.91 Å². The second-order valence-electron chi connectivity index (χ2n) is 9.07. The number of ether oxygens (including phenoxy) is 1. The summed E-state index contributed by atoms with van der Waals surface area (Å²) in [4.78, 5) is 37.8. The summed E-state index contributed by atoms with van der Waals surface area (Å²) in [7, 11) is 1.57. The number of carbonyl (C=O) groups is 3. The molecule has 166 valence electrons. The largest absolute Gasteiger partial charge is 0.479 e. The molecule has 7 heteroatoms. The van der Waals surface area contributed by atoms with Crippen LogP contribution in [0.5, 0.6) is 0 Å². The second-order valence-corrected chi connectivity index (χ2v) is 9.07. The van der Waals surface area contributed by atoms with Crippen LogP contribution in [0.25, 0.3) is 11.1 Å². The van der Waals surface area contributed by atoms with Gasteiger partial charge in [0.15, 0.2) is 0 Å². The zero-order chi connectivity index (χ0) is 22.5. The number of fused-ring (bicyclic) bond motifs is 3. The summed E-state index contributed by atoms with van der Waals surface area (Å²) in [6.45, 7) is 0.249. The number of nitrogens with zero attached hydrogens (tertiary/aromatic N) is 1. The molecular formula is C25H26N2O5. The van der Waals surface area contributed by atoms with Crippen molar-refractivity contribution in [2.45, 2.75) is 43.2 Å². The van der Waals surface area contributed by atoms with E-state index in [-0.39, 0.29) is 30.4 Å². The van der Waals surface area contributed by atoms with E-state index in [1.165, 1.54) is 16.0 Å². The van der Waals surface area contributed by atoms with Crippen molar-refractivity contribution in [3.05, 3.63) is 59.7 Å². The van der Waals surface area contributed by atoms with E-state index in [4.69, 9.17) is 4.74 Å². The number of alkyl carbamates (subject to hydrolysis) is 1. The smallest absolute Gasteiger partial charge is 0.407 e. The summed E-state index contributed by atoms with van der Waals surface area (Å²) in [5, 5.41) is 12.2. The summed E-state index contributed by atoms with van der Waals surface area (Å²) < 4.78 is 5.56. The number of likely N-dealkylation sites (N-methyl/N-ethyl adjacent to an activating group) is 1. The lowest BCUT2D eigenvalue weighted by Gasteiger charge is -2.38. The fraction of sp³-hybridized carbons (Fsp3) is 0.400. The number of hydrogen-bond donors (Lipinski definition) is 2. The Morgan fingerprint density at radius 1 is 1.03 bits per heavy atom. The van der Waals surface area contributed by atoms with Gasteiger partial charge < -0.3 is 20.1 Å². The average molecular weight is 434 g/mol. The van der Waals surface area contributed by atoms with Crippen molar-refractivity contribution in [1.29, 1.82) is 0 Å². The standard InChI is InChI=1S/C25H26N2O5/c1-27(25(10-11-25)23(29)30)22(28)15-12-16(13-15)26-24(31)32-14-21-19-8-4-2-6-17(19)18-7-3-5-9-20(18)21/h2-9,15-16,21H,10-14H2,1H3,(H,26,31)(H,29,30). The van der Waals surface area contributed by atoms with Gasteiger partial charge in [-0.15, -0.1) is 0 Å². The molecule has 0 atom stereocenters. The number of hydrogen-bond acceptors (Lipinski definition) is 4. The van der Waals surface area contributed by atoms with Crippen molar-refractivity contribution in [1.82, 2.24) is 10.2 Å². The van der Waals surface area contributed by atoms with Gasteiger partial charge in [0.05, 0.1) is 0 Å². The molecule has 5 rings (SSSR count). The first kappa shape index (κ1) is 20.5. The molecule has 0 unspecified atom stereocenters. The van der Waals surface area contributed by atoms with Crippen molar-refractivity contribution in [2.24, 2.45) is 5.92 Å². The lowest BCUT2D eigenvalue weighted by Crippen LogP contribution is -2.53. The molecule has 3 aliphatic rings. The zero-order valence-electron chi connectivity index (χ0n) is 17.9. The monoisotopic (exact) mass is 434 g/mol. The van der Waals surface area contributed by atoms with Gasteiger partial charge in [-0.1, -0.05) is 48.5 Å². The average Bonchev–Trinajstić information content (AvgIpc) is 3.52. The first-order valence-corrected chi connectivity index (χ1v) is 11.0. The Labute approximate surface area is 186 Å². The van der Waals surface area contributed by atoms with Crippen molar-refractivity contribution < 1.29 is 24.2 Å². The SMILES string of the molecule is CN(C(=O)C1CC(NC(=O)OCC2c3ccccc3-c3ccccc32)C1)C1(C(=O)O)CC1. The van der Waals surface area contributed by atoms with Crippen molar-refractivity contribution in [3.8, 4) is 11.1 Å². The van der Waals surface area contributed by atoms with E-state index < -0.39 is 17.6 Å². The van der Waals surface area contributed by atoms with Gasteiger partial charge in [-0.2, -0.15) is 0 Å². The molecule has 7 nitrogen and oxygen atoms in total. The number of benzene rings is 2. The van der Waals surface area contributed by atoms with Crippen LogP contribution in [0.2, 0.25) is 0 Å². The van der Waals surface area contributed by atoms with Gasteiger partial charge >= 0.3 is 12.1 Å². The molecule has 0 radical (unpaired) electrons. The van der Waals surface area contributed by atoms with Gasteiger partial charge in [-0.25, -0.2) is 9.59 Å². The Hall–Kier alpha value is -3.35. The summed E-state index contributed by atoms with van der Waals surface area (Å²) in [5.74, 6) is -1.35. The molecule has 3 aliphatic carbocycles. The number of carboxylic acids is 1. The first-order valence-electron chi connectivity index (χ1n) is 11.0. The number of carbonyl (C=O) groups excluding carboxylic acids is 2. The predicted molar refractivity (Wildman–Crippen MR) is 117 cm³/mol. The molecule has 2 aromatic rings. The summed E-state index contributed by atoms with van der Waals surface area (Å²) in [5.41, 5.74) is 3.65. The third-order valence-electron chi connectivity index (χ3n) is 7.25. The van der Waals surface area contributed by atoms with Crippen LogP contribution in [0.4, 0.5) is 4.79 Å². The topological polar surface area (TPSA) is 95.9 Å². The van der Waals surface area contributed by atoms with Crippen LogP contribution in [0.1, 0.15) is 42.7 Å². The Morgan fingerprint density at radius 3 is 2.12 bits per heavy atom.